The Labute approximate surface area is 187 Å². The van der Waals surface area contributed by atoms with Gasteiger partial charge >= 0.3 is 12.2 Å². The van der Waals surface area contributed by atoms with Crippen molar-refractivity contribution in [2.24, 2.45) is 4.99 Å². The van der Waals surface area contributed by atoms with Crippen molar-refractivity contribution in [3.05, 3.63) is 81.6 Å². The molecule has 3 amide bonds. The molecule has 10 heteroatoms. The van der Waals surface area contributed by atoms with Crippen LogP contribution in [0.5, 0.6) is 0 Å². The van der Waals surface area contributed by atoms with E-state index in [9.17, 15) is 27.2 Å². The molecule has 0 aromatic heterocycles. The summed E-state index contributed by atoms with van der Waals surface area (Å²) < 4.78 is 53.8. The number of fused-ring (bicyclic) bond motifs is 1. The van der Waals surface area contributed by atoms with E-state index in [1.165, 1.54) is 24.4 Å². The van der Waals surface area contributed by atoms with E-state index in [1.54, 1.807) is 12.1 Å². The van der Waals surface area contributed by atoms with Gasteiger partial charge in [0.25, 0.3) is 5.91 Å². The van der Waals surface area contributed by atoms with Crippen LogP contribution in [0.2, 0.25) is 0 Å². The van der Waals surface area contributed by atoms with E-state index >= 15 is 0 Å². The number of rotatable bonds is 3. The maximum absolute atomic E-state index is 14.8. The van der Waals surface area contributed by atoms with Gasteiger partial charge in [-0.2, -0.15) is 13.2 Å². The second-order valence-corrected chi connectivity index (χ2v) is 7.65. The highest BCUT2D eigenvalue weighted by Gasteiger charge is 2.30. The molecule has 1 heterocycles. The molecular formula is C22H12BrF4N3O2. The number of urea groups is 1. The van der Waals surface area contributed by atoms with Gasteiger partial charge in [-0.15, -0.1) is 0 Å². The van der Waals surface area contributed by atoms with Crippen LogP contribution in [0, 0.1) is 5.82 Å². The molecule has 3 aromatic carbocycles. The number of aliphatic imine (C=N–C) groups is 1. The van der Waals surface area contributed by atoms with Gasteiger partial charge in [0.2, 0.25) is 0 Å². The highest BCUT2D eigenvalue weighted by atomic mass is 79.9. The molecule has 0 saturated heterocycles. The Morgan fingerprint density at radius 3 is 2.31 bits per heavy atom. The van der Waals surface area contributed by atoms with Crippen LogP contribution < -0.4 is 10.6 Å². The zero-order chi connectivity index (χ0) is 23.0. The molecule has 0 fully saturated rings. The number of alkyl halides is 3. The van der Waals surface area contributed by atoms with Crippen LogP contribution in [0.15, 0.2) is 64.1 Å². The van der Waals surface area contributed by atoms with Gasteiger partial charge in [-0.05, 0) is 64.0 Å². The molecule has 0 saturated carbocycles. The highest BCUT2D eigenvalue weighted by Crippen LogP contribution is 2.35. The molecule has 0 aliphatic carbocycles. The number of nitrogens with zero attached hydrogens (tertiary/aromatic N) is 1. The maximum atomic E-state index is 14.8. The smallest absolute Gasteiger partial charge is 0.308 e. The van der Waals surface area contributed by atoms with E-state index < -0.39 is 29.5 Å². The first-order chi connectivity index (χ1) is 15.1. The Hall–Kier alpha value is -3.53. The van der Waals surface area contributed by atoms with Crippen LogP contribution in [-0.4, -0.2) is 18.2 Å². The van der Waals surface area contributed by atoms with Crippen LogP contribution >= 0.6 is 15.9 Å². The third-order valence-corrected chi connectivity index (χ3v) is 5.35. The number of carbonyl (C=O) groups is 2. The van der Waals surface area contributed by atoms with Crippen LogP contribution in [-0.2, 0) is 6.18 Å². The lowest BCUT2D eigenvalue weighted by atomic mass is 9.96. The highest BCUT2D eigenvalue weighted by molar-refractivity contribution is 9.10. The van der Waals surface area contributed by atoms with Crippen molar-refractivity contribution in [1.29, 1.82) is 0 Å². The predicted molar refractivity (Wildman–Crippen MR) is 116 cm³/mol. The molecule has 0 bridgehead atoms. The molecule has 0 radical (unpaired) electrons. The Balaban J connectivity index is 1.53. The molecule has 162 valence electrons. The molecule has 3 aromatic rings. The van der Waals surface area contributed by atoms with Gasteiger partial charge in [-0.3, -0.25) is 4.79 Å². The van der Waals surface area contributed by atoms with Crippen molar-refractivity contribution < 1.29 is 27.2 Å². The van der Waals surface area contributed by atoms with Crippen molar-refractivity contribution in [1.82, 2.24) is 0 Å². The van der Waals surface area contributed by atoms with Gasteiger partial charge in [-0.25, -0.2) is 14.2 Å². The standard InChI is InChI=1S/C22H12BrF4N3O2/c23-17-7-6-14(16-10-28-20(31)19(16)17)15-5-4-13(9-18(15)24)30-21(32)29-12-3-1-2-11(8-12)22(25,26)27/h1-10H,(H2,29,30,32). The van der Waals surface area contributed by atoms with Crippen LogP contribution in [0.1, 0.15) is 21.5 Å². The van der Waals surface area contributed by atoms with Crippen LogP contribution in [0.3, 0.4) is 0 Å². The third-order valence-electron chi connectivity index (χ3n) is 4.68. The predicted octanol–water partition coefficient (Wildman–Crippen LogP) is 6.49. The summed E-state index contributed by atoms with van der Waals surface area (Å²) in [6.45, 7) is 0. The minimum absolute atomic E-state index is 0.0659. The third kappa shape index (κ3) is 4.26. The lowest BCUT2D eigenvalue weighted by molar-refractivity contribution is -0.137. The fourth-order valence-electron chi connectivity index (χ4n) is 3.24. The van der Waals surface area contributed by atoms with Crippen LogP contribution in [0.25, 0.3) is 11.1 Å². The summed E-state index contributed by atoms with van der Waals surface area (Å²) in [5.41, 5.74) is 0.581. The molecule has 1 aliphatic heterocycles. The summed E-state index contributed by atoms with van der Waals surface area (Å²) in [4.78, 5) is 27.8. The Morgan fingerprint density at radius 1 is 0.938 bits per heavy atom. The van der Waals surface area contributed by atoms with Crippen molar-refractivity contribution >= 4 is 45.5 Å². The topological polar surface area (TPSA) is 70.6 Å². The maximum Gasteiger partial charge on any atom is 0.416 e. The van der Waals surface area contributed by atoms with E-state index in [1.807, 2.05) is 0 Å². The molecule has 1 aliphatic rings. The number of benzene rings is 3. The SMILES string of the molecule is O=C(Nc1cccc(C(F)(F)F)c1)Nc1ccc(-c2ccc(Br)c3c2C=NC3=O)c(F)c1. The van der Waals surface area contributed by atoms with Gasteiger partial charge in [-0.1, -0.05) is 12.1 Å². The molecule has 0 unspecified atom stereocenters. The monoisotopic (exact) mass is 505 g/mol. The van der Waals surface area contributed by atoms with Gasteiger partial charge < -0.3 is 10.6 Å². The largest absolute Gasteiger partial charge is 0.416 e. The summed E-state index contributed by atoms with van der Waals surface area (Å²) >= 11 is 3.28. The van der Waals surface area contributed by atoms with Gasteiger partial charge in [0.05, 0.1) is 11.1 Å². The summed E-state index contributed by atoms with van der Waals surface area (Å²) in [7, 11) is 0. The quantitative estimate of drug-likeness (QED) is 0.399. The Kier molecular flexibility index (Phi) is 5.55. The molecule has 5 nitrogen and oxygen atoms in total. The second kappa shape index (κ2) is 8.19. The molecule has 32 heavy (non-hydrogen) atoms. The molecule has 0 atom stereocenters. The first kappa shape index (κ1) is 21.7. The van der Waals surface area contributed by atoms with Gasteiger partial charge in [0.1, 0.15) is 5.82 Å². The van der Waals surface area contributed by atoms with E-state index in [0.717, 1.165) is 24.3 Å². The molecular weight excluding hydrogens is 494 g/mol. The average molecular weight is 506 g/mol. The van der Waals surface area contributed by atoms with Crippen molar-refractivity contribution in [3.8, 4) is 11.1 Å². The molecule has 4 rings (SSSR count). The number of anilines is 2. The molecule has 2 N–H and O–H groups in total. The first-order valence-corrected chi connectivity index (χ1v) is 9.89. The number of halogens is 5. The number of nitrogens with one attached hydrogen (secondary N) is 2. The van der Waals surface area contributed by atoms with E-state index in [0.29, 0.717) is 21.2 Å². The van der Waals surface area contributed by atoms with E-state index in [4.69, 9.17) is 0 Å². The molecule has 0 spiro atoms. The van der Waals surface area contributed by atoms with Gasteiger partial charge in [0, 0.05) is 33.2 Å². The summed E-state index contributed by atoms with van der Waals surface area (Å²) in [6.07, 6.45) is -3.18. The first-order valence-electron chi connectivity index (χ1n) is 9.09. The summed E-state index contributed by atoms with van der Waals surface area (Å²) in [5, 5.41) is 4.66. The second-order valence-electron chi connectivity index (χ2n) is 6.80. The van der Waals surface area contributed by atoms with Crippen molar-refractivity contribution in [2.75, 3.05) is 10.6 Å². The van der Waals surface area contributed by atoms with Crippen LogP contribution in [0.4, 0.5) is 33.7 Å². The van der Waals surface area contributed by atoms with E-state index in [2.05, 4.69) is 31.6 Å². The number of amides is 3. The Morgan fingerprint density at radius 2 is 1.62 bits per heavy atom. The van der Waals surface area contributed by atoms with E-state index in [-0.39, 0.29) is 16.9 Å². The van der Waals surface area contributed by atoms with Crippen molar-refractivity contribution in [3.63, 3.8) is 0 Å². The van der Waals surface area contributed by atoms with Gasteiger partial charge in [0.15, 0.2) is 0 Å². The van der Waals surface area contributed by atoms with Crippen molar-refractivity contribution in [2.45, 2.75) is 6.18 Å². The zero-order valence-corrected chi connectivity index (χ0v) is 17.5. The minimum Gasteiger partial charge on any atom is -0.308 e. The fraction of sp³-hybridized carbons (Fsp3) is 0.0455. The number of carbonyl (C=O) groups excluding carboxylic acids is 2. The summed E-state index contributed by atoms with van der Waals surface area (Å²) in [5.74, 6) is -1.10. The fourth-order valence-corrected chi connectivity index (χ4v) is 3.76. The Bertz CT molecular complexity index is 1290. The lowest BCUT2D eigenvalue weighted by Crippen LogP contribution is -2.20. The minimum atomic E-state index is -4.55. The zero-order valence-electron chi connectivity index (χ0n) is 15.9. The number of hydrogen-bond donors (Lipinski definition) is 2. The average Bonchev–Trinajstić information content (AvgIpc) is 3.11. The lowest BCUT2D eigenvalue weighted by Gasteiger charge is -2.12. The summed E-state index contributed by atoms with van der Waals surface area (Å²) in [6, 6.07) is 10.5. The normalized spacial score (nSPS) is 12.6. The number of hydrogen-bond acceptors (Lipinski definition) is 2.